The molecule has 10 heteroatoms. The third-order valence-electron chi connectivity index (χ3n) is 7.10. The minimum absolute atomic E-state index is 0.00536. The van der Waals surface area contributed by atoms with Crippen LogP contribution in [-0.4, -0.2) is 22.1 Å². The first kappa shape index (κ1) is 29.2. The highest BCUT2D eigenvalue weighted by Crippen LogP contribution is 2.37. The molecule has 0 aliphatic heterocycles. The summed E-state index contributed by atoms with van der Waals surface area (Å²) in [4.78, 5) is 31.4. The number of esters is 1. The van der Waals surface area contributed by atoms with Gasteiger partial charge >= 0.3 is 12.1 Å². The van der Waals surface area contributed by atoms with Gasteiger partial charge in [-0.2, -0.15) is 13.2 Å². The maximum Gasteiger partial charge on any atom is 0.407 e. The highest BCUT2D eigenvalue weighted by atomic mass is 19.4. The van der Waals surface area contributed by atoms with Crippen molar-refractivity contribution < 1.29 is 22.7 Å². The summed E-state index contributed by atoms with van der Waals surface area (Å²) in [6.07, 6.45) is -4.88. The van der Waals surface area contributed by atoms with Gasteiger partial charge in [-0.1, -0.05) is 35.9 Å². The second kappa shape index (κ2) is 11.5. The average Bonchev–Trinajstić information content (AvgIpc) is 3.39. The third kappa shape index (κ3) is 6.02. The number of benzene rings is 3. The van der Waals surface area contributed by atoms with Gasteiger partial charge in [-0.25, -0.2) is 9.64 Å². The quantitative estimate of drug-likeness (QED) is 0.149. The van der Waals surface area contributed by atoms with Gasteiger partial charge in [0.15, 0.2) is 0 Å². The van der Waals surface area contributed by atoms with Crippen LogP contribution >= 0.6 is 0 Å². The number of fused-ring (bicyclic) bond motifs is 1. The molecule has 5 aromatic rings. The van der Waals surface area contributed by atoms with Crippen molar-refractivity contribution in [1.82, 2.24) is 9.55 Å². The normalized spacial score (nSPS) is 11.4. The van der Waals surface area contributed by atoms with Gasteiger partial charge in [-0.3, -0.25) is 4.79 Å². The number of carbonyl (C=O) groups excluding carboxylic acids is 1. The predicted molar refractivity (Wildman–Crippen MR) is 160 cm³/mol. The van der Waals surface area contributed by atoms with Crippen molar-refractivity contribution in [3.63, 3.8) is 0 Å². The SMILES string of the molecule is [C-]#[N+]c1c(C(F)(F)F)cc(-c2ccc(Nc3ccc4[nH]c(C(=O)OCC)cc4c3)cc2)n(Cc2ccc(C)cc2C)c1=O. The van der Waals surface area contributed by atoms with E-state index in [1.165, 1.54) is 4.57 Å². The van der Waals surface area contributed by atoms with Crippen LogP contribution in [0, 0.1) is 20.4 Å². The molecule has 7 nitrogen and oxygen atoms in total. The molecule has 2 N–H and O–H groups in total. The van der Waals surface area contributed by atoms with E-state index in [0.717, 1.165) is 39.3 Å². The van der Waals surface area contributed by atoms with Crippen LogP contribution in [0.15, 0.2) is 77.6 Å². The number of pyridine rings is 1. The summed E-state index contributed by atoms with van der Waals surface area (Å²) in [5, 5.41) is 4.04. The number of ether oxygens (including phenoxy) is 1. The Kier molecular flexibility index (Phi) is 7.83. The molecule has 218 valence electrons. The molecule has 0 aliphatic carbocycles. The number of hydrogen-bond acceptors (Lipinski definition) is 4. The molecule has 0 saturated heterocycles. The Bertz CT molecular complexity index is 1950. The zero-order valence-corrected chi connectivity index (χ0v) is 23.6. The van der Waals surface area contributed by atoms with E-state index in [1.54, 1.807) is 37.3 Å². The molecule has 2 heterocycles. The van der Waals surface area contributed by atoms with Crippen molar-refractivity contribution in [1.29, 1.82) is 0 Å². The van der Waals surface area contributed by atoms with Gasteiger partial charge in [-0.05, 0) is 79.9 Å². The molecule has 0 saturated carbocycles. The van der Waals surface area contributed by atoms with Crippen LogP contribution in [0.25, 0.3) is 27.0 Å². The monoisotopic (exact) mass is 584 g/mol. The standard InChI is InChI=1S/C33H27F3N4O3/c1-5-43-32(42)28-16-23-15-25(12-13-27(23)39-28)38-24-10-8-21(9-11-24)29-17-26(33(34,35)36)30(37-4)31(41)40(29)18-22-7-6-19(2)14-20(22)3/h6-17,38-39H,5,18H2,1-3H3. The van der Waals surface area contributed by atoms with Crippen molar-refractivity contribution in [2.24, 2.45) is 0 Å². The maximum absolute atomic E-state index is 14.0. The highest BCUT2D eigenvalue weighted by molar-refractivity contribution is 5.96. The number of nitrogens with one attached hydrogen (secondary N) is 2. The number of anilines is 2. The van der Waals surface area contributed by atoms with Crippen LogP contribution in [0.4, 0.5) is 30.2 Å². The van der Waals surface area contributed by atoms with Crippen LogP contribution in [0.2, 0.25) is 0 Å². The molecule has 0 aliphatic rings. The van der Waals surface area contributed by atoms with Gasteiger partial charge in [0.1, 0.15) is 5.69 Å². The molecule has 0 bridgehead atoms. The smallest absolute Gasteiger partial charge is 0.407 e. The van der Waals surface area contributed by atoms with E-state index < -0.39 is 29.0 Å². The van der Waals surface area contributed by atoms with Gasteiger partial charge in [-0.15, -0.1) is 0 Å². The first-order valence-electron chi connectivity index (χ1n) is 13.4. The molecule has 3 aromatic carbocycles. The lowest BCUT2D eigenvalue weighted by molar-refractivity contribution is -0.136. The van der Waals surface area contributed by atoms with E-state index in [2.05, 4.69) is 15.1 Å². The first-order chi connectivity index (χ1) is 20.5. The molecule has 2 aromatic heterocycles. The van der Waals surface area contributed by atoms with Crippen LogP contribution < -0.4 is 10.9 Å². The van der Waals surface area contributed by atoms with E-state index in [1.807, 2.05) is 50.2 Å². The lowest BCUT2D eigenvalue weighted by Gasteiger charge is -2.19. The Morgan fingerprint density at radius 3 is 2.37 bits per heavy atom. The molecule has 0 amide bonds. The Labute approximate surface area is 245 Å². The molecule has 0 radical (unpaired) electrons. The molecule has 43 heavy (non-hydrogen) atoms. The zero-order chi connectivity index (χ0) is 30.9. The van der Waals surface area contributed by atoms with Gasteiger partial charge in [0, 0.05) is 28.0 Å². The van der Waals surface area contributed by atoms with E-state index in [0.29, 0.717) is 16.9 Å². The summed E-state index contributed by atoms with van der Waals surface area (Å²) < 4.78 is 48.1. The van der Waals surface area contributed by atoms with Gasteiger partial charge < -0.3 is 19.6 Å². The Hall–Kier alpha value is -5.30. The van der Waals surface area contributed by atoms with Crippen LogP contribution in [0.5, 0.6) is 0 Å². The number of aromatic amines is 1. The van der Waals surface area contributed by atoms with Gasteiger partial charge in [0.25, 0.3) is 11.2 Å². The number of carbonyl (C=O) groups is 1. The summed E-state index contributed by atoms with van der Waals surface area (Å²) in [6, 6.07) is 20.3. The van der Waals surface area contributed by atoms with E-state index in [9.17, 15) is 22.8 Å². The number of alkyl halides is 3. The number of rotatable bonds is 7. The fourth-order valence-electron chi connectivity index (χ4n) is 4.97. The highest BCUT2D eigenvalue weighted by Gasteiger charge is 2.36. The van der Waals surface area contributed by atoms with Crippen molar-refractivity contribution >= 4 is 33.9 Å². The third-order valence-corrected chi connectivity index (χ3v) is 7.10. The second-order valence-corrected chi connectivity index (χ2v) is 10.1. The Morgan fingerprint density at radius 2 is 1.72 bits per heavy atom. The van der Waals surface area contributed by atoms with E-state index in [4.69, 9.17) is 11.3 Å². The summed E-state index contributed by atoms with van der Waals surface area (Å²) in [6.45, 7) is 13.1. The summed E-state index contributed by atoms with van der Waals surface area (Å²) in [5.41, 5.74) is 2.36. The van der Waals surface area contributed by atoms with Crippen LogP contribution in [0.1, 0.15) is 39.7 Å². The van der Waals surface area contributed by atoms with Gasteiger partial charge in [0.05, 0.1) is 25.3 Å². The van der Waals surface area contributed by atoms with Crippen molar-refractivity contribution in [3.8, 4) is 11.3 Å². The maximum atomic E-state index is 14.0. The largest absolute Gasteiger partial charge is 0.461 e. The minimum Gasteiger partial charge on any atom is -0.461 e. The zero-order valence-electron chi connectivity index (χ0n) is 23.6. The topological polar surface area (TPSA) is 80.5 Å². The van der Waals surface area contributed by atoms with E-state index >= 15 is 0 Å². The van der Waals surface area contributed by atoms with Crippen LogP contribution in [0.3, 0.4) is 0 Å². The molecule has 0 fully saturated rings. The fraction of sp³-hybridized carbons (Fsp3) is 0.182. The van der Waals surface area contributed by atoms with E-state index in [-0.39, 0.29) is 18.8 Å². The minimum atomic E-state index is -4.88. The molecular weight excluding hydrogens is 557 g/mol. The Morgan fingerprint density at radius 1 is 1.00 bits per heavy atom. The lowest BCUT2D eigenvalue weighted by atomic mass is 10.0. The second-order valence-electron chi connectivity index (χ2n) is 10.1. The Balaban J connectivity index is 1.51. The molecule has 0 spiro atoms. The van der Waals surface area contributed by atoms with Crippen molar-refractivity contribution in [3.05, 3.63) is 123 Å². The number of hydrogen-bond donors (Lipinski definition) is 2. The molecular formula is C33H27F3N4O3. The summed E-state index contributed by atoms with van der Waals surface area (Å²) in [5.74, 6) is -0.446. The number of halogens is 3. The lowest BCUT2D eigenvalue weighted by Crippen LogP contribution is -2.25. The first-order valence-corrected chi connectivity index (χ1v) is 13.4. The number of aryl methyl sites for hydroxylation is 2. The predicted octanol–water partition coefficient (Wildman–Crippen LogP) is 8.15. The molecule has 0 unspecified atom stereocenters. The summed E-state index contributed by atoms with van der Waals surface area (Å²) >= 11 is 0. The van der Waals surface area contributed by atoms with Crippen molar-refractivity contribution in [2.75, 3.05) is 11.9 Å². The fourth-order valence-corrected chi connectivity index (χ4v) is 4.97. The summed E-state index contributed by atoms with van der Waals surface area (Å²) in [7, 11) is 0. The van der Waals surface area contributed by atoms with Crippen molar-refractivity contribution in [2.45, 2.75) is 33.5 Å². The molecule has 5 rings (SSSR count). The van der Waals surface area contributed by atoms with Gasteiger partial charge in [0.2, 0.25) is 0 Å². The van der Waals surface area contributed by atoms with Crippen LogP contribution in [-0.2, 0) is 17.5 Å². The number of aromatic nitrogens is 2. The molecule has 0 atom stereocenters. The average molecular weight is 585 g/mol. The number of nitrogens with zero attached hydrogens (tertiary/aromatic N) is 2. The number of H-pyrrole nitrogens is 1.